The second kappa shape index (κ2) is 7.15. The largest absolute Gasteiger partial charge is 0.327 e. The van der Waals surface area contributed by atoms with E-state index in [1.165, 1.54) is 44.2 Å². The summed E-state index contributed by atoms with van der Waals surface area (Å²) in [6.07, 6.45) is 7.72. The zero-order valence-electron chi connectivity index (χ0n) is 10.8. The molecule has 2 rings (SSSR count). The van der Waals surface area contributed by atoms with Gasteiger partial charge in [0.05, 0.1) is 0 Å². The van der Waals surface area contributed by atoms with E-state index in [0.717, 1.165) is 23.0 Å². The molecule has 0 saturated heterocycles. The van der Waals surface area contributed by atoms with E-state index in [0.29, 0.717) is 0 Å². The van der Waals surface area contributed by atoms with Crippen LogP contribution >= 0.6 is 11.8 Å². The van der Waals surface area contributed by atoms with Crippen molar-refractivity contribution in [1.82, 2.24) is 0 Å². The molecule has 1 fully saturated rings. The van der Waals surface area contributed by atoms with Gasteiger partial charge in [-0.15, -0.1) is 0 Å². The van der Waals surface area contributed by atoms with Crippen molar-refractivity contribution in [2.45, 2.75) is 49.8 Å². The van der Waals surface area contributed by atoms with E-state index in [4.69, 9.17) is 5.73 Å². The molecule has 3 heteroatoms. The summed E-state index contributed by atoms with van der Waals surface area (Å²) in [5, 5.41) is 0.818. The van der Waals surface area contributed by atoms with Crippen LogP contribution in [0, 0.1) is 5.82 Å². The van der Waals surface area contributed by atoms with Crippen LogP contribution in [0.15, 0.2) is 24.3 Å². The number of benzene rings is 1. The maximum atomic E-state index is 12.8. The molecule has 0 aromatic heterocycles. The van der Waals surface area contributed by atoms with Crippen LogP contribution in [-0.4, -0.2) is 17.0 Å². The highest BCUT2D eigenvalue weighted by Crippen LogP contribution is 2.28. The molecule has 0 radical (unpaired) electrons. The zero-order chi connectivity index (χ0) is 12.8. The monoisotopic (exact) mass is 267 g/mol. The number of thioether (sulfide) groups is 1. The lowest BCUT2D eigenvalue weighted by Gasteiger charge is -2.22. The summed E-state index contributed by atoms with van der Waals surface area (Å²) >= 11 is 2.03. The Balaban J connectivity index is 1.71. The topological polar surface area (TPSA) is 26.0 Å². The fourth-order valence-electron chi connectivity index (χ4n) is 2.47. The van der Waals surface area contributed by atoms with Crippen LogP contribution in [0.25, 0.3) is 0 Å². The minimum absolute atomic E-state index is 0.177. The Hall–Kier alpha value is -0.540. The molecule has 0 bridgehead atoms. The molecule has 1 nitrogen and oxygen atoms in total. The highest BCUT2D eigenvalue weighted by molar-refractivity contribution is 7.99. The van der Waals surface area contributed by atoms with Gasteiger partial charge in [-0.05, 0) is 37.0 Å². The highest BCUT2D eigenvalue weighted by atomic mass is 32.2. The Morgan fingerprint density at radius 1 is 1.17 bits per heavy atom. The molecule has 1 aliphatic carbocycles. The Labute approximate surface area is 113 Å². The summed E-state index contributed by atoms with van der Waals surface area (Å²) in [4.78, 5) is 0. The van der Waals surface area contributed by atoms with Gasteiger partial charge in [0.15, 0.2) is 0 Å². The van der Waals surface area contributed by atoms with Crippen molar-refractivity contribution in [2.24, 2.45) is 5.73 Å². The number of nitrogens with two attached hydrogens (primary N) is 1. The summed E-state index contributed by atoms with van der Waals surface area (Å²) < 4.78 is 12.8. The molecule has 1 atom stereocenters. The normalized spacial score (nSPS) is 18.8. The van der Waals surface area contributed by atoms with Gasteiger partial charge in [-0.2, -0.15) is 11.8 Å². The Bertz CT molecular complexity index is 346. The van der Waals surface area contributed by atoms with Crippen molar-refractivity contribution in [2.75, 3.05) is 5.75 Å². The van der Waals surface area contributed by atoms with Crippen LogP contribution in [0.2, 0.25) is 0 Å². The fourth-order valence-corrected chi connectivity index (χ4v) is 3.78. The molecule has 1 aliphatic rings. The second-order valence-corrected chi connectivity index (χ2v) is 6.52. The number of rotatable bonds is 5. The zero-order valence-corrected chi connectivity index (χ0v) is 11.6. The second-order valence-electron chi connectivity index (χ2n) is 5.18. The lowest BCUT2D eigenvalue weighted by molar-refractivity contribution is 0.515. The van der Waals surface area contributed by atoms with Crippen molar-refractivity contribution in [3.63, 3.8) is 0 Å². The average Bonchev–Trinajstić information content (AvgIpc) is 2.40. The SMILES string of the molecule is NC(CSC1CCCCC1)Cc1ccc(F)cc1. The van der Waals surface area contributed by atoms with Crippen LogP contribution < -0.4 is 5.73 Å². The van der Waals surface area contributed by atoms with Crippen LogP contribution in [0.1, 0.15) is 37.7 Å². The molecule has 1 saturated carbocycles. The third-order valence-corrected chi connectivity index (χ3v) is 5.07. The average molecular weight is 267 g/mol. The van der Waals surface area contributed by atoms with Crippen LogP contribution in [0.5, 0.6) is 0 Å². The molecular formula is C15H22FNS. The molecule has 18 heavy (non-hydrogen) atoms. The van der Waals surface area contributed by atoms with E-state index in [-0.39, 0.29) is 11.9 Å². The van der Waals surface area contributed by atoms with E-state index in [9.17, 15) is 4.39 Å². The van der Waals surface area contributed by atoms with Gasteiger partial charge in [-0.1, -0.05) is 31.4 Å². The lowest BCUT2D eigenvalue weighted by atomic mass is 10.0. The van der Waals surface area contributed by atoms with Crippen molar-refractivity contribution in [3.05, 3.63) is 35.6 Å². The van der Waals surface area contributed by atoms with Crippen molar-refractivity contribution >= 4 is 11.8 Å². The first-order chi connectivity index (χ1) is 8.74. The molecule has 0 amide bonds. The quantitative estimate of drug-likeness (QED) is 0.879. The van der Waals surface area contributed by atoms with Crippen molar-refractivity contribution in [1.29, 1.82) is 0 Å². The van der Waals surface area contributed by atoms with E-state index in [1.807, 2.05) is 23.9 Å². The predicted molar refractivity (Wildman–Crippen MR) is 77.4 cm³/mol. The first kappa shape index (κ1) is 13.9. The standard InChI is InChI=1S/C15H22FNS/c16-13-8-6-12(7-9-13)10-14(17)11-18-15-4-2-1-3-5-15/h6-9,14-15H,1-5,10-11,17H2. The summed E-state index contributed by atoms with van der Waals surface area (Å²) in [5.41, 5.74) is 7.28. The molecule has 0 aliphatic heterocycles. The molecular weight excluding hydrogens is 245 g/mol. The molecule has 1 unspecified atom stereocenters. The van der Waals surface area contributed by atoms with E-state index in [1.54, 1.807) is 0 Å². The summed E-state index contributed by atoms with van der Waals surface area (Å²) in [5.74, 6) is 0.839. The van der Waals surface area contributed by atoms with Gasteiger partial charge < -0.3 is 5.73 Å². The van der Waals surface area contributed by atoms with Gasteiger partial charge in [0.2, 0.25) is 0 Å². The summed E-state index contributed by atoms with van der Waals surface area (Å²) in [6, 6.07) is 6.87. The van der Waals surface area contributed by atoms with E-state index < -0.39 is 0 Å². The number of hydrogen-bond donors (Lipinski definition) is 1. The van der Waals surface area contributed by atoms with Crippen LogP contribution in [-0.2, 0) is 6.42 Å². The molecule has 1 aromatic rings. The minimum Gasteiger partial charge on any atom is -0.327 e. The lowest BCUT2D eigenvalue weighted by Crippen LogP contribution is -2.27. The van der Waals surface area contributed by atoms with E-state index in [2.05, 4.69) is 0 Å². The number of halogens is 1. The molecule has 0 heterocycles. The van der Waals surface area contributed by atoms with Crippen LogP contribution in [0.3, 0.4) is 0 Å². The summed E-state index contributed by atoms with van der Waals surface area (Å²) in [6.45, 7) is 0. The first-order valence-corrected chi connectivity index (χ1v) is 7.90. The van der Waals surface area contributed by atoms with Gasteiger partial charge in [0, 0.05) is 17.0 Å². The van der Waals surface area contributed by atoms with Gasteiger partial charge in [-0.3, -0.25) is 0 Å². The third kappa shape index (κ3) is 4.62. The molecule has 2 N–H and O–H groups in total. The fraction of sp³-hybridized carbons (Fsp3) is 0.600. The Kier molecular flexibility index (Phi) is 5.51. The maximum Gasteiger partial charge on any atom is 0.123 e. The van der Waals surface area contributed by atoms with Crippen LogP contribution in [0.4, 0.5) is 4.39 Å². The summed E-state index contributed by atoms with van der Waals surface area (Å²) in [7, 11) is 0. The van der Waals surface area contributed by atoms with Gasteiger partial charge in [-0.25, -0.2) is 4.39 Å². The maximum absolute atomic E-state index is 12.8. The van der Waals surface area contributed by atoms with Crippen molar-refractivity contribution < 1.29 is 4.39 Å². The Morgan fingerprint density at radius 3 is 2.50 bits per heavy atom. The third-order valence-electron chi connectivity index (χ3n) is 3.51. The smallest absolute Gasteiger partial charge is 0.123 e. The molecule has 1 aromatic carbocycles. The Morgan fingerprint density at radius 2 is 1.83 bits per heavy atom. The molecule has 100 valence electrons. The number of hydrogen-bond acceptors (Lipinski definition) is 2. The highest BCUT2D eigenvalue weighted by Gasteiger charge is 2.15. The first-order valence-electron chi connectivity index (χ1n) is 6.85. The molecule has 0 spiro atoms. The van der Waals surface area contributed by atoms with E-state index >= 15 is 0 Å². The van der Waals surface area contributed by atoms with Gasteiger partial charge in [0.25, 0.3) is 0 Å². The predicted octanol–water partition coefficient (Wildman–Crippen LogP) is 3.76. The van der Waals surface area contributed by atoms with Gasteiger partial charge >= 0.3 is 0 Å². The van der Waals surface area contributed by atoms with Gasteiger partial charge in [0.1, 0.15) is 5.82 Å². The minimum atomic E-state index is -0.177. The van der Waals surface area contributed by atoms with Crippen molar-refractivity contribution in [3.8, 4) is 0 Å².